The summed E-state index contributed by atoms with van der Waals surface area (Å²) >= 11 is 0. The van der Waals surface area contributed by atoms with Gasteiger partial charge in [-0.2, -0.15) is 13.2 Å². The number of ketones is 2. The van der Waals surface area contributed by atoms with Crippen LogP contribution >= 0.6 is 0 Å². The van der Waals surface area contributed by atoms with Gasteiger partial charge in [0.05, 0.1) is 12.2 Å². The molecule has 0 radical (unpaired) electrons. The molecule has 8 heteroatoms. The lowest BCUT2D eigenvalue weighted by atomic mass is 9.81. The summed E-state index contributed by atoms with van der Waals surface area (Å²) in [5.41, 5.74) is -0.687. The summed E-state index contributed by atoms with van der Waals surface area (Å²) in [7, 11) is 0. The zero-order chi connectivity index (χ0) is 23.3. The van der Waals surface area contributed by atoms with Gasteiger partial charge >= 0.3 is 12.3 Å². The molecule has 0 aromatic heterocycles. The second-order valence-corrected chi connectivity index (χ2v) is 7.23. The molecule has 2 aromatic rings. The van der Waals surface area contributed by atoms with Gasteiger partial charge in [-0.1, -0.05) is 56.2 Å². The molecule has 1 aliphatic rings. The van der Waals surface area contributed by atoms with Crippen molar-refractivity contribution in [3.63, 3.8) is 0 Å². The Labute approximate surface area is 182 Å². The number of carbonyl (C=O) groups excluding carboxylic acids is 3. The maximum atomic E-state index is 13.1. The number of fused-ring (bicyclic) bond motifs is 1. The summed E-state index contributed by atoms with van der Waals surface area (Å²) < 4.78 is 48.8. The predicted octanol–water partition coefficient (Wildman–Crippen LogP) is 5.88. The van der Waals surface area contributed by atoms with Crippen molar-refractivity contribution >= 4 is 23.3 Å². The highest BCUT2D eigenvalue weighted by Crippen LogP contribution is 2.35. The van der Waals surface area contributed by atoms with Crippen LogP contribution in [0.4, 0.5) is 18.0 Å². The molecule has 5 nitrogen and oxygen atoms in total. The Hall–Kier alpha value is -3.42. The molecule has 0 N–H and O–H groups in total. The van der Waals surface area contributed by atoms with Gasteiger partial charge in [-0.15, -0.1) is 0 Å². The van der Waals surface area contributed by atoms with Crippen molar-refractivity contribution in [2.24, 2.45) is 0 Å². The summed E-state index contributed by atoms with van der Waals surface area (Å²) in [6, 6.07) is 10.0. The number of alkyl halides is 3. The van der Waals surface area contributed by atoms with E-state index in [1.807, 2.05) is 6.92 Å². The molecule has 32 heavy (non-hydrogen) atoms. The van der Waals surface area contributed by atoms with Crippen LogP contribution in [0.15, 0.2) is 54.1 Å². The summed E-state index contributed by atoms with van der Waals surface area (Å²) in [6.45, 7) is 1.62. The van der Waals surface area contributed by atoms with Gasteiger partial charge in [0.25, 0.3) is 0 Å². The SMILES string of the molecule is CCCCCOC(=O)OCC1=C(c2ccc(C(F)(F)F)cc2)C(=O)c2ccccc2C1=O. The van der Waals surface area contributed by atoms with Crippen molar-refractivity contribution in [1.29, 1.82) is 0 Å². The van der Waals surface area contributed by atoms with E-state index in [-0.39, 0.29) is 34.4 Å². The number of carbonyl (C=O) groups is 3. The van der Waals surface area contributed by atoms with Gasteiger partial charge in [0.15, 0.2) is 11.6 Å². The fourth-order valence-corrected chi connectivity index (χ4v) is 3.38. The number of benzene rings is 2. The highest BCUT2D eigenvalue weighted by molar-refractivity contribution is 6.40. The first-order valence-electron chi connectivity index (χ1n) is 10.1. The Bertz CT molecular complexity index is 1050. The standard InChI is InChI=1S/C24H21F3O5/c1-2-3-6-13-31-23(30)32-14-19-20(15-9-11-16(12-10-15)24(25,26)27)22(29)18-8-5-4-7-17(18)21(19)28/h4-5,7-12H,2-3,6,13-14H2,1H3. The topological polar surface area (TPSA) is 69.7 Å². The minimum Gasteiger partial charge on any atom is -0.434 e. The first-order valence-corrected chi connectivity index (χ1v) is 10.1. The molecule has 0 fully saturated rings. The van der Waals surface area contributed by atoms with Gasteiger partial charge in [0, 0.05) is 22.3 Å². The molecule has 0 spiro atoms. The van der Waals surface area contributed by atoms with E-state index in [4.69, 9.17) is 9.47 Å². The fourth-order valence-electron chi connectivity index (χ4n) is 3.38. The highest BCUT2D eigenvalue weighted by atomic mass is 19.4. The zero-order valence-electron chi connectivity index (χ0n) is 17.3. The Morgan fingerprint density at radius 3 is 2.09 bits per heavy atom. The summed E-state index contributed by atoms with van der Waals surface area (Å²) in [4.78, 5) is 38.1. The van der Waals surface area contributed by atoms with Gasteiger partial charge in [-0.25, -0.2) is 4.79 Å². The molecular formula is C24H21F3O5. The van der Waals surface area contributed by atoms with Crippen LogP contribution in [-0.2, 0) is 15.7 Å². The third-order valence-corrected chi connectivity index (χ3v) is 5.02. The molecule has 0 heterocycles. The van der Waals surface area contributed by atoms with Crippen LogP contribution < -0.4 is 0 Å². The molecule has 2 aromatic carbocycles. The maximum Gasteiger partial charge on any atom is 0.508 e. The van der Waals surface area contributed by atoms with Gasteiger partial charge in [0.2, 0.25) is 0 Å². The van der Waals surface area contributed by atoms with E-state index in [1.54, 1.807) is 12.1 Å². The molecule has 0 saturated heterocycles. The van der Waals surface area contributed by atoms with Crippen LogP contribution in [-0.4, -0.2) is 30.9 Å². The third kappa shape index (κ3) is 5.07. The van der Waals surface area contributed by atoms with Crippen LogP contribution in [0.3, 0.4) is 0 Å². The third-order valence-electron chi connectivity index (χ3n) is 5.02. The van der Waals surface area contributed by atoms with E-state index >= 15 is 0 Å². The highest BCUT2D eigenvalue weighted by Gasteiger charge is 2.34. The summed E-state index contributed by atoms with van der Waals surface area (Å²) in [5.74, 6) is -1.07. The molecule has 1 aliphatic carbocycles. The van der Waals surface area contributed by atoms with Crippen molar-refractivity contribution < 1.29 is 37.0 Å². The Kier molecular flexibility index (Phi) is 7.12. The number of hydrogen-bond donors (Lipinski definition) is 0. The first kappa shape index (κ1) is 23.2. The fraction of sp³-hybridized carbons (Fsp3) is 0.292. The van der Waals surface area contributed by atoms with E-state index < -0.39 is 36.1 Å². The lowest BCUT2D eigenvalue weighted by Crippen LogP contribution is -2.25. The monoisotopic (exact) mass is 446 g/mol. The number of hydrogen-bond acceptors (Lipinski definition) is 5. The Morgan fingerprint density at radius 1 is 0.875 bits per heavy atom. The minimum absolute atomic E-state index is 0.0961. The number of halogens is 3. The van der Waals surface area contributed by atoms with Gasteiger partial charge in [-0.3, -0.25) is 9.59 Å². The molecule has 0 saturated carbocycles. The normalized spacial score (nSPS) is 13.8. The minimum atomic E-state index is -4.54. The average molecular weight is 446 g/mol. The van der Waals surface area contributed by atoms with Crippen molar-refractivity contribution in [1.82, 2.24) is 0 Å². The molecular weight excluding hydrogens is 425 g/mol. The van der Waals surface area contributed by atoms with Crippen molar-refractivity contribution in [3.05, 3.63) is 76.4 Å². The summed E-state index contributed by atoms with van der Waals surface area (Å²) in [6.07, 6.45) is -3.05. The van der Waals surface area contributed by atoms with E-state index in [9.17, 15) is 27.6 Å². The van der Waals surface area contributed by atoms with Crippen LogP contribution in [0, 0.1) is 0 Å². The van der Waals surface area contributed by atoms with E-state index in [2.05, 4.69) is 0 Å². The van der Waals surface area contributed by atoms with Gasteiger partial charge < -0.3 is 9.47 Å². The lowest BCUT2D eigenvalue weighted by molar-refractivity contribution is -0.137. The number of ether oxygens (including phenoxy) is 2. The molecule has 0 amide bonds. The van der Waals surface area contributed by atoms with E-state index in [1.165, 1.54) is 12.1 Å². The number of allylic oxidation sites excluding steroid dienone is 1. The lowest BCUT2D eigenvalue weighted by Gasteiger charge is -2.21. The Balaban J connectivity index is 1.93. The second kappa shape index (κ2) is 9.80. The van der Waals surface area contributed by atoms with Crippen LogP contribution in [0.1, 0.15) is 58.0 Å². The number of rotatable bonds is 7. The molecule has 0 bridgehead atoms. The quantitative estimate of drug-likeness (QED) is 0.392. The Morgan fingerprint density at radius 2 is 1.50 bits per heavy atom. The molecule has 0 unspecified atom stereocenters. The van der Waals surface area contributed by atoms with Crippen LogP contribution in [0.5, 0.6) is 0 Å². The molecule has 3 rings (SSSR count). The van der Waals surface area contributed by atoms with Crippen molar-refractivity contribution in [2.75, 3.05) is 13.2 Å². The first-order chi connectivity index (χ1) is 15.2. The smallest absolute Gasteiger partial charge is 0.434 e. The van der Waals surface area contributed by atoms with Crippen molar-refractivity contribution in [2.45, 2.75) is 32.4 Å². The molecule has 168 valence electrons. The number of unbranched alkanes of at least 4 members (excludes halogenated alkanes) is 2. The predicted molar refractivity (Wildman–Crippen MR) is 110 cm³/mol. The largest absolute Gasteiger partial charge is 0.508 e. The van der Waals surface area contributed by atoms with Crippen LogP contribution in [0.25, 0.3) is 5.57 Å². The van der Waals surface area contributed by atoms with E-state index in [0.717, 1.165) is 37.1 Å². The second-order valence-electron chi connectivity index (χ2n) is 7.23. The average Bonchev–Trinajstić information content (AvgIpc) is 2.77. The maximum absolute atomic E-state index is 13.1. The summed E-state index contributed by atoms with van der Waals surface area (Å²) in [5, 5.41) is 0. The molecule has 0 atom stereocenters. The zero-order valence-corrected chi connectivity index (χ0v) is 17.3. The number of Topliss-reactive ketones (excluding diaryl/α,β-unsaturated/α-hetero) is 2. The van der Waals surface area contributed by atoms with Crippen LogP contribution in [0.2, 0.25) is 0 Å². The van der Waals surface area contributed by atoms with Crippen molar-refractivity contribution in [3.8, 4) is 0 Å². The van der Waals surface area contributed by atoms with Gasteiger partial charge in [0.1, 0.15) is 6.61 Å². The van der Waals surface area contributed by atoms with Gasteiger partial charge in [-0.05, 0) is 24.1 Å². The van der Waals surface area contributed by atoms with E-state index in [0.29, 0.717) is 6.42 Å². The molecule has 0 aliphatic heterocycles.